The third-order valence-electron chi connectivity index (χ3n) is 3.76. The maximum atomic E-state index is 11.2. The van der Waals surface area contributed by atoms with Crippen LogP contribution in [-0.4, -0.2) is 42.5 Å². The largest absolute Gasteiger partial charge is 0.369 e. The van der Waals surface area contributed by atoms with E-state index in [-0.39, 0.29) is 5.91 Å². The Kier molecular flexibility index (Phi) is 4.95. The molecule has 0 spiro atoms. The first-order chi connectivity index (χ1) is 7.83. The van der Waals surface area contributed by atoms with E-state index in [1.165, 1.54) is 0 Å². The molecule has 4 heteroatoms. The van der Waals surface area contributed by atoms with Crippen LogP contribution in [0, 0.1) is 5.41 Å². The fourth-order valence-electron chi connectivity index (χ4n) is 2.11. The minimum absolute atomic E-state index is 0.232. The fourth-order valence-corrected chi connectivity index (χ4v) is 2.11. The maximum Gasteiger partial charge on any atom is 0.224 e. The van der Waals surface area contributed by atoms with Crippen molar-refractivity contribution in [3.8, 4) is 0 Å². The Bertz CT molecular complexity index is 255. The van der Waals surface area contributed by atoms with Crippen molar-refractivity contribution in [2.24, 2.45) is 11.1 Å². The summed E-state index contributed by atoms with van der Waals surface area (Å²) in [5, 5.41) is 3.48. The van der Waals surface area contributed by atoms with E-state index in [1.807, 2.05) is 13.8 Å². The molecule has 0 saturated carbocycles. The zero-order valence-electron chi connectivity index (χ0n) is 11.6. The van der Waals surface area contributed by atoms with Crippen molar-refractivity contribution in [1.82, 2.24) is 10.2 Å². The summed E-state index contributed by atoms with van der Waals surface area (Å²) in [5.74, 6) is -0.232. The Hall–Kier alpha value is -0.610. The van der Waals surface area contributed by atoms with Gasteiger partial charge in [0, 0.05) is 18.6 Å². The summed E-state index contributed by atoms with van der Waals surface area (Å²) in [6, 6.07) is 1.17. The van der Waals surface area contributed by atoms with Crippen molar-refractivity contribution < 1.29 is 4.79 Å². The molecule has 1 amide bonds. The molecule has 4 nitrogen and oxygen atoms in total. The van der Waals surface area contributed by atoms with Gasteiger partial charge in [0.1, 0.15) is 0 Å². The van der Waals surface area contributed by atoms with Gasteiger partial charge in [-0.25, -0.2) is 0 Å². The highest BCUT2D eigenvalue weighted by molar-refractivity contribution is 5.80. The van der Waals surface area contributed by atoms with Crippen LogP contribution < -0.4 is 11.1 Å². The molecule has 0 aliphatic carbocycles. The number of likely N-dealkylation sites (tertiary alicyclic amines) is 1. The SMILES string of the molecule is CC(C)N1CCC(NCC(C)(C)C(N)=O)CC1. The van der Waals surface area contributed by atoms with Crippen molar-refractivity contribution in [3.05, 3.63) is 0 Å². The quantitative estimate of drug-likeness (QED) is 0.754. The van der Waals surface area contributed by atoms with Crippen LogP contribution >= 0.6 is 0 Å². The normalized spacial score (nSPS) is 19.8. The minimum Gasteiger partial charge on any atom is -0.369 e. The molecule has 0 atom stereocenters. The van der Waals surface area contributed by atoms with E-state index in [1.54, 1.807) is 0 Å². The molecule has 1 heterocycles. The molecular weight excluding hydrogens is 214 g/mol. The van der Waals surface area contributed by atoms with Gasteiger partial charge in [-0.05, 0) is 53.6 Å². The lowest BCUT2D eigenvalue weighted by Gasteiger charge is -2.36. The first kappa shape index (κ1) is 14.5. The van der Waals surface area contributed by atoms with Crippen LogP contribution in [0.4, 0.5) is 0 Å². The van der Waals surface area contributed by atoms with E-state index in [2.05, 4.69) is 24.1 Å². The molecule has 0 unspecified atom stereocenters. The second-order valence-electron chi connectivity index (χ2n) is 6.03. The van der Waals surface area contributed by atoms with Crippen LogP contribution in [-0.2, 0) is 4.79 Å². The second kappa shape index (κ2) is 5.83. The van der Waals surface area contributed by atoms with Gasteiger partial charge in [-0.1, -0.05) is 0 Å². The molecule has 100 valence electrons. The van der Waals surface area contributed by atoms with Crippen LogP contribution in [0.5, 0.6) is 0 Å². The van der Waals surface area contributed by atoms with E-state index in [9.17, 15) is 4.79 Å². The van der Waals surface area contributed by atoms with E-state index < -0.39 is 5.41 Å². The number of amides is 1. The van der Waals surface area contributed by atoms with Gasteiger partial charge in [0.05, 0.1) is 5.41 Å². The van der Waals surface area contributed by atoms with Crippen LogP contribution in [0.1, 0.15) is 40.5 Å². The molecule has 0 aromatic carbocycles. The Balaban J connectivity index is 2.29. The van der Waals surface area contributed by atoms with Gasteiger partial charge < -0.3 is 16.0 Å². The van der Waals surface area contributed by atoms with Gasteiger partial charge in [-0.2, -0.15) is 0 Å². The number of hydrogen-bond donors (Lipinski definition) is 2. The van der Waals surface area contributed by atoms with Crippen LogP contribution in [0.2, 0.25) is 0 Å². The number of rotatable bonds is 5. The number of primary amides is 1. The van der Waals surface area contributed by atoms with Gasteiger partial charge in [0.15, 0.2) is 0 Å². The maximum absolute atomic E-state index is 11.2. The average Bonchev–Trinajstić information content (AvgIpc) is 2.27. The van der Waals surface area contributed by atoms with Crippen molar-refractivity contribution in [2.75, 3.05) is 19.6 Å². The summed E-state index contributed by atoms with van der Waals surface area (Å²) < 4.78 is 0. The fraction of sp³-hybridized carbons (Fsp3) is 0.923. The first-order valence-corrected chi connectivity index (χ1v) is 6.60. The summed E-state index contributed by atoms with van der Waals surface area (Å²) in [6.07, 6.45) is 2.32. The molecule has 0 aromatic heterocycles. The Morgan fingerprint density at radius 1 is 1.41 bits per heavy atom. The highest BCUT2D eigenvalue weighted by Gasteiger charge is 2.27. The molecule has 0 bridgehead atoms. The zero-order valence-corrected chi connectivity index (χ0v) is 11.6. The number of piperidine rings is 1. The van der Waals surface area contributed by atoms with Gasteiger partial charge >= 0.3 is 0 Å². The Morgan fingerprint density at radius 2 is 1.94 bits per heavy atom. The lowest BCUT2D eigenvalue weighted by molar-refractivity contribution is -0.125. The number of carbonyl (C=O) groups is 1. The van der Waals surface area contributed by atoms with Gasteiger partial charge in [0.25, 0.3) is 0 Å². The Morgan fingerprint density at radius 3 is 2.35 bits per heavy atom. The number of carbonyl (C=O) groups excluding carboxylic acids is 1. The molecule has 3 N–H and O–H groups in total. The first-order valence-electron chi connectivity index (χ1n) is 6.60. The van der Waals surface area contributed by atoms with Gasteiger partial charge in [-0.3, -0.25) is 4.79 Å². The molecule has 1 rings (SSSR count). The van der Waals surface area contributed by atoms with Crippen LogP contribution in [0.3, 0.4) is 0 Å². The monoisotopic (exact) mass is 241 g/mol. The predicted molar refractivity (Wildman–Crippen MR) is 70.7 cm³/mol. The number of nitrogens with zero attached hydrogens (tertiary/aromatic N) is 1. The summed E-state index contributed by atoms with van der Waals surface area (Å²) in [4.78, 5) is 13.7. The van der Waals surface area contributed by atoms with Crippen molar-refractivity contribution >= 4 is 5.91 Å². The lowest BCUT2D eigenvalue weighted by Crippen LogP contribution is -2.49. The summed E-state index contributed by atoms with van der Waals surface area (Å²) >= 11 is 0. The third-order valence-corrected chi connectivity index (χ3v) is 3.76. The molecule has 0 radical (unpaired) electrons. The average molecular weight is 241 g/mol. The molecule has 1 aliphatic heterocycles. The Labute approximate surface area is 105 Å². The molecule has 0 aromatic rings. The van der Waals surface area contributed by atoms with E-state index in [0.29, 0.717) is 18.6 Å². The smallest absolute Gasteiger partial charge is 0.224 e. The summed E-state index contributed by atoms with van der Waals surface area (Å²) in [6.45, 7) is 11.2. The second-order valence-corrected chi connectivity index (χ2v) is 6.03. The van der Waals surface area contributed by atoms with Crippen LogP contribution in [0.15, 0.2) is 0 Å². The molecule has 17 heavy (non-hydrogen) atoms. The van der Waals surface area contributed by atoms with Crippen molar-refractivity contribution in [2.45, 2.75) is 52.6 Å². The lowest BCUT2D eigenvalue weighted by atomic mass is 9.91. The number of nitrogens with two attached hydrogens (primary N) is 1. The molecule has 1 fully saturated rings. The highest BCUT2D eigenvalue weighted by atomic mass is 16.1. The van der Waals surface area contributed by atoms with E-state index >= 15 is 0 Å². The molecular formula is C13H27N3O. The van der Waals surface area contributed by atoms with Crippen molar-refractivity contribution in [3.63, 3.8) is 0 Å². The molecule has 1 saturated heterocycles. The standard InChI is InChI=1S/C13H27N3O/c1-10(2)16-7-5-11(6-8-16)15-9-13(3,4)12(14)17/h10-11,15H,5-9H2,1-4H3,(H2,14,17). The zero-order chi connectivity index (χ0) is 13.1. The van der Waals surface area contributed by atoms with Crippen molar-refractivity contribution in [1.29, 1.82) is 0 Å². The van der Waals surface area contributed by atoms with E-state index in [0.717, 1.165) is 25.9 Å². The van der Waals surface area contributed by atoms with Crippen LogP contribution in [0.25, 0.3) is 0 Å². The summed E-state index contributed by atoms with van der Waals surface area (Å²) in [7, 11) is 0. The number of hydrogen-bond acceptors (Lipinski definition) is 3. The predicted octanol–water partition coefficient (Wildman–Crippen LogP) is 0.960. The topological polar surface area (TPSA) is 58.4 Å². The summed E-state index contributed by atoms with van der Waals surface area (Å²) in [5.41, 5.74) is 4.91. The number of nitrogens with one attached hydrogen (secondary N) is 1. The minimum atomic E-state index is -0.449. The van der Waals surface area contributed by atoms with Gasteiger partial charge in [0.2, 0.25) is 5.91 Å². The highest BCUT2D eigenvalue weighted by Crippen LogP contribution is 2.16. The molecule has 1 aliphatic rings. The van der Waals surface area contributed by atoms with E-state index in [4.69, 9.17) is 5.73 Å². The van der Waals surface area contributed by atoms with Gasteiger partial charge in [-0.15, -0.1) is 0 Å². The third kappa shape index (κ3) is 4.28.